The predicted molar refractivity (Wildman–Crippen MR) is 133 cm³/mol. The molecule has 1 aromatic carbocycles. The highest BCUT2D eigenvalue weighted by molar-refractivity contribution is 7.13. The van der Waals surface area contributed by atoms with E-state index in [0.717, 1.165) is 22.5 Å². The zero-order valence-corrected chi connectivity index (χ0v) is 20.9. The van der Waals surface area contributed by atoms with Crippen molar-refractivity contribution >= 4 is 47.1 Å². The number of hydrogen-bond acceptors (Lipinski definition) is 9. The van der Waals surface area contributed by atoms with Crippen LogP contribution in [0.4, 0.5) is 5.13 Å². The fourth-order valence-corrected chi connectivity index (χ4v) is 5.08. The Hall–Kier alpha value is -3.45. The SMILES string of the molecule is CCN1CCN(CC(=O)NC(C(=O)C[C@H]2Cc3cccc(C)c3OB2O)c2csc(N)n2)C(=O)C1=O. The number of carbonyl (C=O) groups is 4. The molecule has 190 valence electrons. The second-order valence-electron chi connectivity index (χ2n) is 8.93. The number of ketones is 1. The molecule has 0 aliphatic carbocycles. The fraction of sp³-hybridized carbons (Fsp3) is 0.435. The summed E-state index contributed by atoms with van der Waals surface area (Å²) in [4.78, 5) is 57.5. The highest BCUT2D eigenvalue weighted by Crippen LogP contribution is 2.36. The number of thiazole rings is 1. The summed E-state index contributed by atoms with van der Waals surface area (Å²) in [6, 6.07) is 4.54. The van der Waals surface area contributed by atoms with Gasteiger partial charge in [0.2, 0.25) is 5.91 Å². The van der Waals surface area contributed by atoms with Crippen LogP contribution in [0, 0.1) is 6.92 Å². The van der Waals surface area contributed by atoms with E-state index in [1.807, 2.05) is 25.1 Å². The number of anilines is 1. The average Bonchev–Trinajstić information content (AvgIpc) is 3.27. The van der Waals surface area contributed by atoms with E-state index in [1.165, 1.54) is 9.80 Å². The summed E-state index contributed by atoms with van der Waals surface area (Å²) < 4.78 is 5.69. The normalized spacial score (nSPS) is 18.5. The van der Waals surface area contributed by atoms with Crippen LogP contribution in [0.5, 0.6) is 5.75 Å². The maximum atomic E-state index is 13.4. The standard InChI is InChI=1S/C23H28BN5O6S/c1-3-28-7-8-29(22(33)21(28)32)11-18(31)27-19(16-12-36-23(25)26-16)17(30)10-15-9-14-6-4-5-13(2)20(14)35-24(15)34/h4-6,12,15,19,34H,3,7-11H2,1-2H3,(H2,25,26)(H,27,31)/t15-,19?/m1/s1. The van der Waals surface area contributed by atoms with Gasteiger partial charge in [-0.15, -0.1) is 11.3 Å². The summed E-state index contributed by atoms with van der Waals surface area (Å²) in [6.45, 7) is 4.26. The highest BCUT2D eigenvalue weighted by Gasteiger charge is 2.39. The van der Waals surface area contributed by atoms with Crippen LogP contribution >= 0.6 is 11.3 Å². The Morgan fingerprint density at radius 3 is 2.72 bits per heavy atom. The van der Waals surface area contributed by atoms with E-state index in [1.54, 1.807) is 12.3 Å². The summed E-state index contributed by atoms with van der Waals surface area (Å²) in [5, 5.41) is 15.0. The second kappa shape index (κ2) is 10.7. The number of nitrogens with one attached hydrogen (secondary N) is 1. The predicted octanol–water partition coefficient (Wildman–Crippen LogP) is 0.327. The van der Waals surface area contributed by atoms with Gasteiger partial charge in [-0.25, -0.2) is 4.98 Å². The lowest BCUT2D eigenvalue weighted by molar-refractivity contribution is -0.156. The molecular formula is C23H28BN5O6S. The Balaban J connectivity index is 1.46. The first kappa shape index (κ1) is 25.6. The molecule has 1 unspecified atom stereocenters. The number of carbonyl (C=O) groups excluding carboxylic acids is 4. The molecule has 36 heavy (non-hydrogen) atoms. The van der Waals surface area contributed by atoms with E-state index in [9.17, 15) is 24.2 Å². The van der Waals surface area contributed by atoms with Crippen LogP contribution in [0.3, 0.4) is 0 Å². The van der Waals surface area contributed by atoms with E-state index >= 15 is 0 Å². The number of nitrogens with two attached hydrogens (primary N) is 1. The van der Waals surface area contributed by atoms with Crippen molar-refractivity contribution in [2.75, 3.05) is 31.9 Å². The van der Waals surface area contributed by atoms with Gasteiger partial charge in [0.05, 0.1) is 5.69 Å². The van der Waals surface area contributed by atoms with Crippen LogP contribution < -0.4 is 15.7 Å². The van der Waals surface area contributed by atoms with Crippen molar-refractivity contribution in [3.8, 4) is 5.75 Å². The number of fused-ring (bicyclic) bond motifs is 1. The van der Waals surface area contributed by atoms with Gasteiger partial charge in [0, 0.05) is 37.3 Å². The molecule has 3 amide bonds. The molecule has 1 fully saturated rings. The van der Waals surface area contributed by atoms with Crippen molar-refractivity contribution in [1.29, 1.82) is 0 Å². The van der Waals surface area contributed by atoms with Crippen LogP contribution in [-0.4, -0.2) is 76.6 Å². The number of amides is 3. The molecule has 4 N–H and O–H groups in total. The number of benzene rings is 1. The lowest BCUT2D eigenvalue weighted by Gasteiger charge is -2.33. The van der Waals surface area contributed by atoms with Gasteiger partial charge in [-0.1, -0.05) is 18.2 Å². The Morgan fingerprint density at radius 1 is 1.31 bits per heavy atom. The maximum absolute atomic E-state index is 13.4. The minimum Gasteiger partial charge on any atom is -0.536 e. The van der Waals surface area contributed by atoms with E-state index in [4.69, 9.17) is 10.4 Å². The number of nitrogens with zero attached hydrogens (tertiary/aromatic N) is 3. The number of likely N-dealkylation sites (N-methyl/N-ethyl adjacent to an activating group) is 1. The molecule has 1 aromatic heterocycles. The van der Waals surface area contributed by atoms with E-state index in [-0.39, 0.29) is 36.1 Å². The Bertz CT molecular complexity index is 1190. The molecule has 2 atom stereocenters. The van der Waals surface area contributed by atoms with Crippen LogP contribution in [-0.2, 0) is 25.6 Å². The lowest BCUT2D eigenvalue weighted by Crippen LogP contribution is -2.56. The van der Waals surface area contributed by atoms with Crippen molar-refractivity contribution in [3.63, 3.8) is 0 Å². The molecule has 2 aromatic rings. The minimum atomic E-state index is -1.18. The first-order valence-electron chi connectivity index (χ1n) is 11.7. The number of nitrogen functional groups attached to an aromatic ring is 1. The van der Waals surface area contributed by atoms with Crippen LogP contribution in [0.2, 0.25) is 5.82 Å². The molecule has 0 bridgehead atoms. The Kier molecular flexibility index (Phi) is 7.60. The molecular weight excluding hydrogens is 485 g/mol. The molecule has 2 aliphatic heterocycles. The molecule has 0 spiro atoms. The summed E-state index contributed by atoms with van der Waals surface area (Å²) >= 11 is 1.13. The van der Waals surface area contributed by atoms with Crippen molar-refractivity contribution in [2.24, 2.45) is 0 Å². The molecule has 2 aliphatic rings. The van der Waals surface area contributed by atoms with Gasteiger partial charge in [0.1, 0.15) is 18.3 Å². The number of aromatic nitrogens is 1. The first-order chi connectivity index (χ1) is 17.2. The zero-order valence-electron chi connectivity index (χ0n) is 20.1. The van der Waals surface area contributed by atoms with Crippen molar-refractivity contribution in [3.05, 3.63) is 40.4 Å². The number of piperazine rings is 1. The third kappa shape index (κ3) is 5.36. The number of Topliss-reactive ketones (excluding diaryl/α,β-unsaturated/α-hetero) is 1. The highest BCUT2D eigenvalue weighted by atomic mass is 32.1. The largest absolute Gasteiger partial charge is 0.536 e. The monoisotopic (exact) mass is 513 g/mol. The summed E-state index contributed by atoms with van der Waals surface area (Å²) in [5.41, 5.74) is 7.82. The molecule has 13 heteroatoms. The molecule has 0 saturated carbocycles. The number of para-hydroxylation sites is 1. The maximum Gasteiger partial charge on any atom is 0.526 e. The topological polar surface area (TPSA) is 155 Å². The van der Waals surface area contributed by atoms with Gasteiger partial charge in [0.15, 0.2) is 10.9 Å². The zero-order chi connectivity index (χ0) is 26.0. The summed E-state index contributed by atoms with van der Waals surface area (Å²) in [6.07, 6.45) is 0.353. The number of aryl methyl sites for hydroxylation is 1. The quantitative estimate of drug-likeness (QED) is 0.337. The Morgan fingerprint density at radius 2 is 2.03 bits per heavy atom. The van der Waals surface area contributed by atoms with Gasteiger partial charge in [-0.2, -0.15) is 0 Å². The van der Waals surface area contributed by atoms with E-state index in [0.29, 0.717) is 25.3 Å². The van der Waals surface area contributed by atoms with Gasteiger partial charge >= 0.3 is 18.9 Å². The summed E-state index contributed by atoms with van der Waals surface area (Å²) in [7, 11) is -1.18. The number of hydrogen-bond donors (Lipinski definition) is 3. The van der Waals surface area contributed by atoms with Gasteiger partial charge in [-0.3, -0.25) is 19.2 Å². The van der Waals surface area contributed by atoms with Gasteiger partial charge in [0.25, 0.3) is 0 Å². The molecule has 4 rings (SSSR count). The summed E-state index contributed by atoms with van der Waals surface area (Å²) in [5.74, 6) is -2.30. The van der Waals surface area contributed by atoms with Gasteiger partial charge in [-0.05, 0) is 31.4 Å². The third-order valence-corrected chi connectivity index (χ3v) is 7.15. The Labute approximate surface area is 212 Å². The van der Waals surface area contributed by atoms with Crippen molar-refractivity contribution in [2.45, 2.75) is 38.5 Å². The van der Waals surface area contributed by atoms with Crippen molar-refractivity contribution < 1.29 is 28.9 Å². The molecule has 11 nitrogen and oxygen atoms in total. The van der Waals surface area contributed by atoms with Crippen molar-refractivity contribution in [1.82, 2.24) is 20.1 Å². The second-order valence-corrected chi connectivity index (χ2v) is 9.82. The van der Waals surface area contributed by atoms with Crippen LogP contribution in [0.1, 0.15) is 36.2 Å². The fourth-order valence-electron chi connectivity index (χ4n) is 4.49. The number of rotatable bonds is 8. The molecule has 1 saturated heterocycles. The van der Waals surface area contributed by atoms with E-state index in [2.05, 4.69) is 10.3 Å². The minimum absolute atomic E-state index is 0.0798. The lowest BCUT2D eigenvalue weighted by atomic mass is 9.64. The average molecular weight is 513 g/mol. The molecule has 3 heterocycles. The molecule has 0 radical (unpaired) electrons. The van der Waals surface area contributed by atoms with Gasteiger partial charge < -0.3 is 30.5 Å². The third-order valence-electron chi connectivity index (χ3n) is 6.46. The van der Waals surface area contributed by atoms with E-state index < -0.39 is 36.7 Å². The van der Waals surface area contributed by atoms with Crippen LogP contribution in [0.25, 0.3) is 0 Å². The van der Waals surface area contributed by atoms with Crippen LogP contribution in [0.15, 0.2) is 23.6 Å². The first-order valence-corrected chi connectivity index (χ1v) is 12.6. The smallest absolute Gasteiger partial charge is 0.526 e.